The largest absolute Gasteiger partial charge is 0.655 e. The van der Waals surface area contributed by atoms with Gasteiger partial charge in [0.2, 0.25) is 0 Å². The lowest BCUT2D eigenvalue weighted by molar-refractivity contribution is 1.27. The predicted molar refractivity (Wildman–Crippen MR) is 116 cm³/mol. The van der Waals surface area contributed by atoms with E-state index in [0.717, 1.165) is 22.8 Å². The standard InChI is InChI=1S/C24H26N3/c1-15-9-17(3)23(18(4)10-15)25-13-21-7-8-22(27-21)14-26-24-19(5)11-16(2)12-20(24)6/h7-14H,1-6H3/q-1. The van der Waals surface area contributed by atoms with Gasteiger partial charge in [0, 0.05) is 12.4 Å². The Morgan fingerprint density at radius 2 is 0.926 bits per heavy atom. The normalized spacial score (nSPS) is 11.8. The number of rotatable bonds is 4. The first-order valence-electron chi connectivity index (χ1n) is 9.21. The highest BCUT2D eigenvalue weighted by atomic mass is 14.8. The van der Waals surface area contributed by atoms with E-state index >= 15 is 0 Å². The fourth-order valence-corrected chi connectivity index (χ4v) is 3.55. The van der Waals surface area contributed by atoms with Crippen LogP contribution in [0.4, 0.5) is 11.4 Å². The number of benzene rings is 2. The molecule has 0 aliphatic rings. The second-order valence-corrected chi connectivity index (χ2v) is 7.31. The summed E-state index contributed by atoms with van der Waals surface area (Å²) in [4.78, 5) is 13.9. The SMILES string of the molecule is Cc1cc(C)c(N=Cc2ccc(C=Nc3c(C)cc(C)cc3C)[n-]2)c(C)c1. The van der Waals surface area contributed by atoms with Crippen molar-refractivity contribution in [1.29, 1.82) is 0 Å². The van der Waals surface area contributed by atoms with Crippen molar-refractivity contribution in [3.05, 3.63) is 81.2 Å². The minimum atomic E-state index is 0.841. The molecule has 3 aromatic rings. The first-order valence-corrected chi connectivity index (χ1v) is 9.21. The van der Waals surface area contributed by atoms with E-state index in [1.165, 1.54) is 33.4 Å². The van der Waals surface area contributed by atoms with Crippen LogP contribution >= 0.6 is 0 Å². The molecule has 0 radical (unpaired) electrons. The molecule has 0 bridgehead atoms. The number of aryl methyl sites for hydroxylation is 6. The third-order valence-electron chi connectivity index (χ3n) is 4.61. The van der Waals surface area contributed by atoms with Crippen molar-refractivity contribution in [2.75, 3.05) is 0 Å². The molecule has 138 valence electrons. The van der Waals surface area contributed by atoms with Crippen LogP contribution in [-0.4, -0.2) is 12.4 Å². The van der Waals surface area contributed by atoms with Crippen molar-refractivity contribution in [1.82, 2.24) is 4.98 Å². The average Bonchev–Trinajstić information content (AvgIpc) is 3.00. The molecule has 0 aliphatic heterocycles. The Kier molecular flexibility index (Phi) is 5.41. The minimum absolute atomic E-state index is 0.841. The van der Waals surface area contributed by atoms with Crippen LogP contribution in [0, 0.1) is 41.5 Å². The van der Waals surface area contributed by atoms with Gasteiger partial charge in [0.1, 0.15) is 0 Å². The molecule has 0 saturated heterocycles. The first-order chi connectivity index (χ1) is 12.8. The van der Waals surface area contributed by atoms with Gasteiger partial charge in [-0.25, -0.2) is 0 Å². The van der Waals surface area contributed by atoms with E-state index in [4.69, 9.17) is 0 Å². The van der Waals surface area contributed by atoms with Crippen LogP contribution in [0.1, 0.15) is 44.8 Å². The number of aromatic nitrogens is 1. The van der Waals surface area contributed by atoms with Crippen LogP contribution in [-0.2, 0) is 0 Å². The molecule has 1 heterocycles. The van der Waals surface area contributed by atoms with Gasteiger partial charge >= 0.3 is 0 Å². The van der Waals surface area contributed by atoms with Crippen molar-refractivity contribution >= 4 is 23.8 Å². The van der Waals surface area contributed by atoms with Gasteiger partial charge in [-0.05, 0) is 63.8 Å². The van der Waals surface area contributed by atoms with Gasteiger partial charge in [-0.3, -0.25) is 9.98 Å². The molecule has 3 heteroatoms. The molecule has 0 aliphatic carbocycles. The van der Waals surface area contributed by atoms with Gasteiger partial charge in [0.15, 0.2) is 0 Å². The lowest BCUT2D eigenvalue weighted by atomic mass is 10.1. The summed E-state index contributed by atoms with van der Waals surface area (Å²) in [7, 11) is 0. The van der Waals surface area contributed by atoms with Gasteiger partial charge in [0.05, 0.1) is 11.4 Å². The fourth-order valence-electron chi connectivity index (χ4n) is 3.55. The van der Waals surface area contributed by atoms with E-state index in [2.05, 4.69) is 80.8 Å². The highest BCUT2D eigenvalue weighted by Gasteiger charge is 2.02. The third-order valence-corrected chi connectivity index (χ3v) is 4.61. The molecule has 0 atom stereocenters. The first kappa shape index (κ1) is 18.8. The summed E-state index contributed by atoms with van der Waals surface area (Å²) in [6, 6.07) is 12.6. The number of aliphatic imine (C=N–C) groups is 2. The molecule has 3 rings (SSSR count). The number of nitrogens with zero attached hydrogens (tertiary/aromatic N) is 3. The highest BCUT2D eigenvalue weighted by molar-refractivity contribution is 5.86. The van der Waals surface area contributed by atoms with Crippen LogP contribution < -0.4 is 4.98 Å². The Bertz CT molecular complexity index is 908. The summed E-state index contributed by atoms with van der Waals surface area (Å²) >= 11 is 0. The van der Waals surface area contributed by atoms with E-state index in [1.54, 1.807) is 0 Å². The molecule has 0 spiro atoms. The maximum Gasteiger partial charge on any atom is 0.0687 e. The molecule has 0 amide bonds. The Hall–Kier alpha value is -2.94. The molecule has 27 heavy (non-hydrogen) atoms. The minimum Gasteiger partial charge on any atom is -0.655 e. The maximum absolute atomic E-state index is 4.65. The maximum atomic E-state index is 4.65. The molecule has 2 aromatic carbocycles. The van der Waals surface area contributed by atoms with Crippen molar-refractivity contribution in [2.24, 2.45) is 9.98 Å². The summed E-state index contributed by atoms with van der Waals surface area (Å²) in [5.41, 5.74) is 11.0. The summed E-state index contributed by atoms with van der Waals surface area (Å²) in [6.07, 6.45) is 3.65. The monoisotopic (exact) mass is 356 g/mol. The second-order valence-electron chi connectivity index (χ2n) is 7.31. The van der Waals surface area contributed by atoms with Crippen LogP contribution in [0.25, 0.3) is 0 Å². The average molecular weight is 356 g/mol. The van der Waals surface area contributed by atoms with Crippen molar-refractivity contribution < 1.29 is 0 Å². The zero-order chi connectivity index (χ0) is 19.6. The molecule has 0 unspecified atom stereocenters. The van der Waals surface area contributed by atoms with Crippen molar-refractivity contribution in [3.63, 3.8) is 0 Å². The highest BCUT2D eigenvalue weighted by Crippen LogP contribution is 2.26. The predicted octanol–water partition coefficient (Wildman–Crippen LogP) is 6.00. The van der Waals surface area contributed by atoms with E-state index in [-0.39, 0.29) is 0 Å². The summed E-state index contributed by atoms with van der Waals surface area (Å²) in [6.45, 7) is 12.6. The molecule has 0 saturated carbocycles. The molecule has 0 N–H and O–H groups in total. The third kappa shape index (κ3) is 4.43. The van der Waals surface area contributed by atoms with E-state index in [9.17, 15) is 0 Å². The smallest absolute Gasteiger partial charge is 0.0687 e. The zero-order valence-electron chi connectivity index (χ0n) is 17.0. The molecular weight excluding hydrogens is 330 g/mol. The van der Waals surface area contributed by atoms with Gasteiger partial charge in [-0.15, -0.1) is 11.4 Å². The lowest BCUT2D eigenvalue weighted by Gasteiger charge is -2.08. The van der Waals surface area contributed by atoms with Crippen LogP contribution in [0.2, 0.25) is 0 Å². The van der Waals surface area contributed by atoms with Crippen LogP contribution in [0.3, 0.4) is 0 Å². The van der Waals surface area contributed by atoms with Crippen LogP contribution in [0.5, 0.6) is 0 Å². The Morgan fingerprint density at radius 3 is 1.26 bits per heavy atom. The van der Waals surface area contributed by atoms with Crippen LogP contribution in [0.15, 0.2) is 46.4 Å². The summed E-state index contributed by atoms with van der Waals surface area (Å²) < 4.78 is 0. The Labute approximate surface area is 161 Å². The zero-order valence-corrected chi connectivity index (χ0v) is 17.0. The fraction of sp³-hybridized carbons (Fsp3) is 0.250. The topological polar surface area (TPSA) is 38.8 Å². The summed E-state index contributed by atoms with van der Waals surface area (Å²) in [5.74, 6) is 0. The van der Waals surface area contributed by atoms with E-state index < -0.39 is 0 Å². The van der Waals surface area contributed by atoms with E-state index in [0.29, 0.717) is 0 Å². The van der Waals surface area contributed by atoms with E-state index in [1.807, 2.05) is 24.6 Å². The van der Waals surface area contributed by atoms with Crippen molar-refractivity contribution in [3.8, 4) is 0 Å². The Balaban J connectivity index is 1.80. The number of hydrogen-bond acceptors (Lipinski definition) is 2. The molecule has 1 aromatic heterocycles. The second kappa shape index (κ2) is 7.75. The quantitative estimate of drug-likeness (QED) is 0.529. The van der Waals surface area contributed by atoms with Crippen molar-refractivity contribution in [2.45, 2.75) is 41.5 Å². The van der Waals surface area contributed by atoms with Gasteiger partial charge in [-0.2, -0.15) is 0 Å². The van der Waals surface area contributed by atoms with Gasteiger partial charge < -0.3 is 4.98 Å². The lowest BCUT2D eigenvalue weighted by Crippen LogP contribution is -1.90. The molecular formula is C24H26N3-. The molecule has 3 nitrogen and oxygen atoms in total. The molecule has 0 fully saturated rings. The van der Waals surface area contributed by atoms with Gasteiger partial charge in [-0.1, -0.05) is 47.5 Å². The number of hydrogen-bond donors (Lipinski definition) is 0. The summed E-state index contributed by atoms with van der Waals surface area (Å²) in [5, 5.41) is 0. The Morgan fingerprint density at radius 1 is 0.593 bits per heavy atom. The van der Waals surface area contributed by atoms with Gasteiger partial charge in [0.25, 0.3) is 0 Å².